The van der Waals surface area contributed by atoms with Gasteiger partial charge in [-0.1, -0.05) is 0 Å². The van der Waals surface area contributed by atoms with E-state index in [1.54, 1.807) is 0 Å². The van der Waals surface area contributed by atoms with E-state index in [0.717, 1.165) is 0 Å². The van der Waals surface area contributed by atoms with E-state index in [-0.39, 0.29) is 12.3 Å². The lowest BCUT2D eigenvalue weighted by Gasteiger charge is -1.93. The van der Waals surface area contributed by atoms with Crippen molar-refractivity contribution in [3.8, 4) is 0 Å². The zero-order valence-electron chi connectivity index (χ0n) is 4.66. The SMILES string of the molecule is C[N]S(=O)(=O)CCN. The van der Waals surface area contributed by atoms with Gasteiger partial charge in [-0.3, -0.25) is 0 Å². The predicted octanol–water partition coefficient (Wildman–Crippen LogP) is -1.49. The van der Waals surface area contributed by atoms with Crippen LogP contribution in [0.2, 0.25) is 0 Å². The zero-order chi connectivity index (χ0) is 6.62. The van der Waals surface area contributed by atoms with E-state index in [1.165, 1.54) is 7.05 Å². The van der Waals surface area contributed by atoms with Gasteiger partial charge in [-0.05, 0) is 0 Å². The lowest BCUT2D eigenvalue weighted by atomic mass is 10.8. The molecule has 0 atom stereocenters. The molecule has 49 valence electrons. The van der Waals surface area contributed by atoms with Crippen molar-refractivity contribution in [2.75, 3.05) is 19.3 Å². The minimum atomic E-state index is -3.17. The Hall–Kier alpha value is -0.130. The lowest BCUT2D eigenvalue weighted by Crippen LogP contribution is -2.21. The summed E-state index contributed by atoms with van der Waals surface area (Å²) in [6.45, 7) is 0.139. The minimum absolute atomic E-state index is 0.0521. The first kappa shape index (κ1) is 7.87. The Labute approximate surface area is 49.1 Å². The van der Waals surface area contributed by atoms with Crippen molar-refractivity contribution in [2.24, 2.45) is 5.73 Å². The molecular formula is C3H9N2O2S. The van der Waals surface area contributed by atoms with Gasteiger partial charge >= 0.3 is 0 Å². The smallest absolute Gasteiger partial charge is 0.228 e. The fraction of sp³-hybridized carbons (Fsp3) is 1.00. The monoisotopic (exact) mass is 137 g/mol. The van der Waals surface area contributed by atoms with Gasteiger partial charge in [-0.25, -0.2) is 8.42 Å². The van der Waals surface area contributed by atoms with Gasteiger partial charge < -0.3 is 5.73 Å². The molecule has 0 heterocycles. The Morgan fingerprint density at radius 3 is 2.25 bits per heavy atom. The number of rotatable bonds is 3. The van der Waals surface area contributed by atoms with Crippen molar-refractivity contribution in [3.63, 3.8) is 0 Å². The van der Waals surface area contributed by atoms with Crippen LogP contribution in [0.4, 0.5) is 0 Å². The molecule has 0 aliphatic heterocycles. The number of nitrogens with zero attached hydrogens (tertiary/aromatic N) is 1. The van der Waals surface area contributed by atoms with Crippen molar-refractivity contribution in [1.29, 1.82) is 0 Å². The fourth-order valence-corrected chi connectivity index (χ4v) is 0.721. The van der Waals surface area contributed by atoms with Crippen LogP contribution < -0.4 is 10.5 Å². The fourth-order valence-electron chi connectivity index (χ4n) is 0.240. The minimum Gasteiger partial charge on any atom is -0.329 e. The lowest BCUT2D eigenvalue weighted by molar-refractivity contribution is 0.587. The highest BCUT2D eigenvalue weighted by atomic mass is 32.2. The molecule has 0 aliphatic carbocycles. The zero-order valence-corrected chi connectivity index (χ0v) is 5.48. The first-order valence-electron chi connectivity index (χ1n) is 2.16. The highest BCUT2D eigenvalue weighted by Crippen LogP contribution is 1.78. The van der Waals surface area contributed by atoms with Crippen molar-refractivity contribution in [2.45, 2.75) is 0 Å². The Morgan fingerprint density at radius 2 is 2.12 bits per heavy atom. The van der Waals surface area contributed by atoms with Gasteiger partial charge in [0.2, 0.25) is 10.0 Å². The maximum Gasteiger partial charge on any atom is 0.228 e. The maximum atomic E-state index is 10.4. The van der Waals surface area contributed by atoms with Crippen LogP contribution in [-0.4, -0.2) is 27.8 Å². The van der Waals surface area contributed by atoms with Gasteiger partial charge in [-0.15, -0.1) is 4.72 Å². The summed E-state index contributed by atoms with van der Waals surface area (Å²) in [7, 11) is -1.93. The standard InChI is InChI=1S/C3H9N2O2S/c1-5-8(6,7)3-2-4/h2-4H2,1H3. The predicted molar refractivity (Wildman–Crippen MR) is 30.9 cm³/mol. The van der Waals surface area contributed by atoms with E-state index >= 15 is 0 Å². The molecule has 0 aromatic rings. The third-order valence-corrected chi connectivity index (χ3v) is 1.96. The van der Waals surface area contributed by atoms with Gasteiger partial charge in [0.15, 0.2) is 0 Å². The van der Waals surface area contributed by atoms with Crippen molar-refractivity contribution >= 4 is 10.0 Å². The van der Waals surface area contributed by atoms with E-state index in [1.807, 2.05) is 0 Å². The molecule has 0 aromatic heterocycles. The Kier molecular flexibility index (Phi) is 2.96. The molecule has 0 fully saturated rings. The molecule has 0 saturated carbocycles. The summed E-state index contributed by atoms with van der Waals surface area (Å²) in [5.74, 6) is -0.0521. The van der Waals surface area contributed by atoms with Crippen LogP contribution in [0.15, 0.2) is 0 Å². The second-order valence-electron chi connectivity index (χ2n) is 1.26. The van der Waals surface area contributed by atoms with Crippen LogP contribution in [0.25, 0.3) is 0 Å². The normalized spacial score (nSPS) is 11.8. The molecule has 0 aromatic carbocycles. The molecule has 0 unspecified atom stereocenters. The molecule has 0 bridgehead atoms. The molecule has 5 heteroatoms. The molecule has 0 aliphatic rings. The van der Waals surface area contributed by atoms with Crippen LogP contribution in [0.1, 0.15) is 0 Å². The van der Waals surface area contributed by atoms with E-state index in [2.05, 4.69) is 4.72 Å². The highest BCUT2D eigenvalue weighted by molar-refractivity contribution is 7.89. The molecule has 0 amide bonds. The second kappa shape index (κ2) is 3.01. The van der Waals surface area contributed by atoms with Crippen LogP contribution in [-0.2, 0) is 10.0 Å². The summed E-state index contributed by atoms with van der Waals surface area (Å²) in [6, 6.07) is 0. The van der Waals surface area contributed by atoms with Crippen molar-refractivity contribution in [1.82, 2.24) is 4.72 Å². The molecule has 2 N–H and O–H groups in total. The average molecular weight is 137 g/mol. The summed E-state index contributed by atoms with van der Waals surface area (Å²) in [6.07, 6.45) is 0. The molecule has 0 spiro atoms. The van der Waals surface area contributed by atoms with E-state index < -0.39 is 10.0 Å². The summed E-state index contributed by atoms with van der Waals surface area (Å²) < 4.78 is 23.8. The third-order valence-electron chi connectivity index (χ3n) is 0.654. The van der Waals surface area contributed by atoms with E-state index in [9.17, 15) is 8.42 Å². The van der Waals surface area contributed by atoms with Gasteiger partial charge in [0.25, 0.3) is 0 Å². The third kappa shape index (κ3) is 2.95. The summed E-state index contributed by atoms with van der Waals surface area (Å²) in [4.78, 5) is 0. The largest absolute Gasteiger partial charge is 0.329 e. The van der Waals surface area contributed by atoms with Crippen molar-refractivity contribution in [3.05, 3.63) is 0 Å². The molecular weight excluding hydrogens is 128 g/mol. The Morgan fingerprint density at radius 1 is 1.62 bits per heavy atom. The topological polar surface area (TPSA) is 74.3 Å². The molecule has 4 nitrogen and oxygen atoms in total. The quantitative estimate of drug-likeness (QED) is 0.515. The van der Waals surface area contributed by atoms with Gasteiger partial charge in [0.05, 0.1) is 5.75 Å². The van der Waals surface area contributed by atoms with E-state index in [0.29, 0.717) is 0 Å². The number of hydrogen-bond acceptors (Lipinski definition) is 3. The first-order valence-corrected chi connectivity index (χ1v) is 3.77. The summed E-state index contributed by atoms with van der Waals surface area (Å²) in [5, 5.41) is 0. The van der Waals surface area contributed by atoms with Crippen LogP contribution in [0, 0.1) is 0 Å². The van der Waals surface area contributed by atoms with Gasteiger partial charge in [-0.2, -0.15) is 0 Å². The number of sulfonamides is 1. The first-order chi connectivity index (χ1) is 3.62. The summed E-state index contributed by atoms with van der Waals surface area (Å²) in [5.41, 5.74) is 4.95. The maximum absolute atomic E-state index is 10.4. The van der Waals surface area contributed by atoms with E-state index in [4.69, 9.17) is 5.73 Å². The molecule has 0 saturated heterocycles. The van der Waals surface area contributed by atoms with Crippen molar-refractivity contribution < 1.29 is 8.42 Å². The molecule has 8 heavy (non-hydrogen) atoms. The molecule has 1 radical (unpaired) electrons. The average Bonchev–Trinajstić information content (AvgIpc) is 1.67. The van der Waals surface area contributed by atoms with Gasteiger partial charge in [0.1, 0.15) is 0 Å². The highest BCUT2D eigenvalue weighted by Gasteiger charge is 2.03. The Bertz CT molecular complexity index is 139. The van der Waals surface area contributed by atoms with Crippen LogP contribution in [0.3, 0.4) is 0 Å². The number of hydrogen-bond donors (Lipinski definition) is 1. The number of nitrogens with two attached hydrogens (primary N) is 1. The van der Waals surface area contributed by atoms with Crippen LogP contribution in [0.5, 0.6) is 0 Å². The van der Waals surface area contributed by atoms with Gasteiger partial charge in [0, 0.05) is 13.6 Å². The molecule has 0 rings (SSSR count). The second-order valence-corrected chi connectivity index (χ2v) is 3.19. The Balaban J connectivity index is 3.76. The summed E-state index contributed by atoms with van der Waals surface area (Å²) >= 11 is 0. The van der Waals surface area contributed by atoms with Crippen LogP contribution >= 0.6 is 0 Å².